The van der Waals surface area contributed by atoms with Crippen molar-refractivity contribution in [3.63, 3.8) is 0 Å². The summed E-state index contributed by atoms with van der Waals surface area (Å²) < 4.78 is 2.08. The molecule has 1 aliphatic rings. The third-order valence-corrected chi connectivity index (χ3v) is 3.73. The Balaban J connectivity index is 2.03. The van der Waals surface area contributed by atoms with Crippen molar-refractivity contribution in [2.24, 2.45) is 5.92 Å². The van der Waals surface area contributed by atoms with E-state index in [0.29, 0.717) is 29.1 Å². The highest BCUT2D eigenvalue weighted by molar-refractivity contribution is 5.81. The lowest BCUT2D eigenvalue weighted by Gasteiger charge is -2.12. The highest BCUT2D eigenvalue weighted by Gasteiger charge is 2.27. The number of aliphatic hydroxyl groups excluding tert-OH is 1. The van der Waals surface area contributed by atoms with Crippen molar-refractivity contribution in [2.75, 3.05) is 12.3 Å². The molecule has 3 rings (SSSR count). The number of aryl methyl sites for hydroxylation is 1. The molecular weight excluding hydrogens is 230 g/mol. The Kier molecular flexibility index (Phi) is 2.66. The van der Waals surface area contributed by atoms with E-state index in [2.05, 4.69) is 19.5 Å². The van der Waals surface area contributed by atoms with Crippen molar-refractivity contribution in [1.29, 1.82) is 0 Å². The van der Waals surface area contributed by atoms with Crippen molar-refractivity contribution >= 4 is 17.0 Å². The first-order chi connectivity index (χ1) is 8.69. The van der Waals surface area contributed by atoms with Crippen LogP contribution in [0.4, 0.5) is 5.82 Å². The van der Waals surface area contributed by atoms with E-state index in [1.807, 2.05) is 6.92 Å². The van der Waals surface area contributed by atoms with E-state index in [1.165, 1.54) is 0 Å². The van der Waals surface area contributed by atoms with Gasteiger partial charge in [0.05, 0.1) is 6.33 Å². The average molecular weight is 247 g/mol. The molecule has 2 heterocycles. The molecule has 0 amide bonds. The normalized spacial score (nSPS) is 23.9. The molecule has 0 bridgehead atoms. The van der Waals surface area contributed by atoms with Gasteiger partial charge >= 0.3 is 0 Å². The molecule has 2 aromatic rings. The average Bonchev–Trinajstić information content (AvgIpc) is 2.93. The summed E-state index contributed by atoms with van der Waals surface area (Å²) >= 11 is 0. The highest BCUT2D eigenvalue weighted by atomic mass is 16.3. The SMILES string of the molecule is Cc1nc(N)c2ncn(C3CCC(CO)C3)c2n1. The number of anilines is 1. The Morgan fingerprint density at radius 2 is 2.28 bits per heavy atom. The summed E-state index contributed by atoms with van der Waals surface area (Å²) in [5, 5.41) is 9.21. The lowest BCUT2D eigenvalue weighted by Crippen LogP contribution is -2.07. The van der Waals surface area contributed by atoms with Crippen molar-refractivity contribution in [1.82, 2.24) is 19.5 Å². The van der Waals surface area contributed by atoms with Crippen molar-refractivity contribution in [3.05, 3.63) is 12.2 Å². The van der Waals surface area contributed by atoms with Crippen LogP contribution in [0.25, 0.3) is 11.2 Å². The molecule has 0 saturated heterocycles. The summed E-state index contributed by atoms with van der Waals surface area (Å²) in [6.45, 7) is 2.09. The Bertz CT molecular complexity index is 579. The summed E-state index contributed by atoms with van der Waals surface area (Å²) in [6.07, 6.45) is 4.88. The first-order valence-corrected chi connectivity index (χ1v) is 6.26. The largest absolute Gasteiger partial charge is 0.396 e. The maximum Gasteiger partial charge on any atom is 0.166 e. The summed E-state index contributed by atoms with van der Waals surface area (Å²) in [5.74, 6) is 1.50. The molecule has 18 heavy (non-hydrogen) atoms. The van der Waals surface area contributed by atoms with Crippen molar-refractivity contribution in [3.8, 4) is 0 Å². The van der Waals surface area contributed by atoms with Gasteiger partial charge in [0.25, 0.3) is 0 Å². The number of nitrogens with zero attached hydrogens (tertiary/aromatic N) is 4. The topological polar surface area (TPSA) is 89.8 Å². The molecule has 2 aromatic heterocycles. The van der Waals surface area contributed by atoms with Gasteiger partial charge in [-0.05, 0) is 32.1 Å². The Hall–Kier alpha value is -1.69. The first-order valence-electron chi connectivity index (χ1n) is 6.26. The predicted octanol–water partition coefficient (Wildman–Crippen LogP) is 1.05. The van der Waals surface area contributed by atoms with Crippen LogP contribution in [-0.4, -0.2) is 31.2 Å². The van der Waals surface area contributed by atoms with Crippen LogP contribution in [0.2, 0.25) is 0 Å². The number of nitrogen functional groups attached to an aromatic ring is 1. The van der Waals surface area contributed by atoms with Gasteiger partial charge < -0.3 is 15.4 Å². The van der Waals surface area contributed by atoms with E-state index in [9.17, 15) is 5.11 Å². The van der Waals surface area contributed by atoms with E-state index in [4.69, 9.17) is 5.73 Å². The number of aliphatic hydroxyl groups is 1. The molecule has 1 aliphatic carbocycles. The minimum absolute atomic E-state index is 0.263. The Morgan fingerprint density at radius 3 is 3.00 bits per heavy atom. The van der Waals surface area contributed by atoms with Crippen LogP contribution in [0.15, 0.2) is 6.33 Å². The lowest BCUT2D eigenvalue weighted by atomic mass is 10.1. The van der Waals surface area contributed by atoms with Gasteiger partial charge in [0.2, 0.25) is 0 Å². The van der Waals surface area contributed by atoms with Gasteiger partial charge in [0, 0.05) is 12.6 Å². The number of nitrogens with two attached hydrogens (primary N) is 1. The van der Waals surface area contributed by atoms with Gasteiger partial charge in [0.15, 0.2) is 11.5 Å². The molecule has 0 aliphatic heterocycles. The first kappa shape index (κ1) is 11.4. The second-order valence-electron chi connectivity index (χ2n) is 5.00. The second kappa shape index (κ2) is 4.20. The molecular formula is C12H17N5O. The molecule has 1 fully saturated rings. The number of aromatic nitrogens is 4. The van der Waals surface area contributed by atoms with Gasteiger partial charge in [0.1, 0.15) is 11.3 Å². The monoisotopic (exact) mass is 247 g/mol. The molecule has 2 unspecified atom stereocenters. The van der Waals surface area contributed by atoms with Crippen LogP contribution in [0.5, 0.6) is 0 Å². The van der Waals surface area contributed by atoms with Crippen LogP contribution < -0.4 is 5.73 Å². The van der Waals surface area contributed by atoms with Gasteiger partial charge in [-0.25, -0.2) is 15.0 Å². The van der Waals surface area contributed by atoms with Gasteiger partial charge in [-0.1, -0.05) is 0 Å². The maximum atomic E-state index is 9.21. The van der Waals surface area contributed by atoms with Gasteiger partial charge in [-0.3, -0.25) is 0 Å². The number of fused-ring (bicyclic) bond motifs is 1. The highest BCUT2D eigenvalue weighted by Crippen LogP contribution is 2.35. The fraction of sp³-hybridized carbons (Fsp3) is 0.583. The number of imidazole rings is 1. The molecule has 96 valence electrons. The van der Waals surface area contributed by atoms with Crippen molar-refractivity contribution in [2.45, 2.75) is 32.2 Å². The Labute approximate surface area is 105 Å². The van der Waals surface area contributed by atoms with E-state index < -0.39 is 0 Å². The van der Waals surface area contributed by atoms with E-state index in [-0.39, 0.29) is 6.61 Å². The molecule has 2 atom stereocenters. The number of hydrogen-bond acceptors (Lipinski definition) is 5. The quantitative estimate of drug-likeness (QED) is 0.827. The zero-order chi connectivity index (χ0) is 12.7. The maximum absolute atomic E-state index is 9.21. The van der Waals surface area contributed by atoms with Crippen molar-refractivity contribution < 1.29 is 5.11 Å². The molecule has 0 aromatic carbocycles. The van der Waals surface area contributed by atoms with E-state index in [1.54, 1.807) is 6.33 Å². The predicted molar refractivity (Wildman–Crippen MR) is 67.9 cm³/mol. The third kappa shape index (κ3) is 1.73. The standard InChI is InChI=1S/C12H17N5O/c1-7-15-11(13)10-12(16-7)17(6-14-10)9-3-2-8(4-9)5-18/h6,8-9,18H,2-5H2,1H3,(H2,13,15,16). The summed E-state index contributed by atoms with van der Waals surface area (Å²) in [4.78, 5) is 12.9. The molecule has 6 nitrogen and oxygen atoms in total. The fourth-order valence-electron chi connectivity index (χ4n) is 2.79. The smallest absolute Gasteiger partial charge is 0.166 e. The fourth-order valence-corrected chi connectivity index (χ4v) is 2.79. The zero-order valence-electron chi connectivity index (χ0n) is 10.4. The van der Waals surface area contributed by atoms with Gasteiger partial charge in [-0.2, -0.15) is 0 Å². The zero-order valence-corrected chi connectivity index (χ0v) is 10.4. The molecule has 1 saturated carbocycles. The van der Waals surface area contributed by atoms with Crippen LogP contribution in [-0.2, 0) is 0 Å². The van der Waals surface area contributed by atoms with Crippen LogP contribution >= 0.6 is 0 Å². The van der Waals surface area contributed by atoms with E-state index >= 15 is 0 Å². The van der Waals surface area contributed by atoms with Crippen LogP contribution in [0, 0.1) is 12.8 Å². The second-order valence-corrected chi connectivity index (χ2v) is 5.00. The summed E-state index contributed by atoms with van der Waals surface area (Å²) in [7, 11) is 0. The number of hydrogen-bond donors (Lipinski definition) is 2. The molecule has 0 radical (unpaired) electrons. The van der Waals surface area contributed by atoms with Crippen LogP contribution in [0.1, 0.15) is 31.1 Å². The lowest BCUT2D eigenvalue weighted by molar-refractivity contribution is 0.226. The molecule has 6 heteroatoms. The minimum Gasteiger partial charge on any atom is -0.396 e. The summed E-state index contributed by atoms with van der Waals surface area (Å²) in [5.41, 5.74) is 7.34. The van der Waals surface area contributed by atoms with Gasteiger partial charge in [-0.15, -0.1) is 0 Å². The van der Waals surface area contributed by atoms with E-state index in [0.717, 1.165) is 24.9 Å². The third-order valence-electron chi connectivity index (χ3n) is 3.73. The number of rotatable bonds is 2. The summed E-state index contributed by atoms with van der Waals surface area (Å²) in [6, 6.07) is 0.362. The molecule has 0 spiro atoms. The van der Waals surface area contributed by atoms with Crippen LogP contribution in [0.3, 0.4) is 0 Å². The Morgan fingerprint density at radius 1 is 1.44 bits per heavy atom. The molecule has 3 N–H and O–H groups in total. The minimum atomic E-state index is 0.263.